The van der Waals surface area contributed by atoms with E-state index in [2.05, 4.69) is 41.7 Å². The van der Waals surface area contributed by atoms with Crippen molar-refractivity contribution in [2.45, 2.75) is 85.3 Å². The highest BCUT2D eigenvalue weighted by molar-refractivity contribution is 7.15. The second-order valence-corrected chi connectivity index (χ2v) is 12.6. The zero-order chi connectivity index (χ0) is 27.4. The lowest BCUT2D eigenvalue weighted by Crippen LogP contribution is -2.48. The van der Waals surface area contributed by atoms with Gasteiger partial charge in [-0.2, -0.15) is 0 Å². The van der Waals surface area contributed by atoms with Crippen LogP contribution in [0.3, 0.4) is 0 Å². The highest BCUT2D eigenvalue weighted by Gasteiger charge is 2.39. The maximum absolute atomic E-state index is 14.2. The van der Waals surface area contributed by atoms with Crippen molar-refractivity contribution < 1.29 is 19.4 Å². The minimum Gasteiger partial charge on any atom is -0.477 e. The third kappa shape index (κ3) is 6.82. The fraction of sp³-hybridized carbons (Fsp3) is 0.533. The Balaban J connectivity index is 1.65. The molecule has 8 heteroatoms. The van der Waals surface area contributed by atoms with Crippen molar-refractivity contribution in [1.82, 2.24) is 9.97 Å². The highest BCUT2D eigenvalue weighted by Crippen LogP contribution is 2.39. The molecule has 2 aromatic heterocycles. The molecular formula is C30H37N3O4S. The molecule has 202 valence electrons. The van der Waals surface area contributed by atoms with Gasteiger partial charge in [-0.15, -0.1) is 11.3 Å². The summed E-state index contributed by atoms with van der Waals surface area (Å²) in [7, 11) is 0. The van der Waals surface area contributed by atoms with Gasteiger partial charge in [-0.1, -0.05) is 30.4 Å². The van der Waals surface area contributed by atoms with Gasteiger partial charge >= 0.3 is 5.97 Å². The first-order valence-electron chi connectivity index (χ1n) is 13.3. The quantitative estimate of drug-likeness (QED) is 0.342. The van der Waals surface area contributed by atoms with Gasteiger partial charge in [0.1, 0.15) is 17.3 Å². The molecule has 0 saturated heterocycles. The van der Waals surface area contributed by atoms with Gasteiger partial charge in [0.25, 0.3) is 0 Å². The van der Waals surface area contributed by atoms with Crippen molar-refractivity contribution in [1.29, 1.82) is 0 Å². The summed E-state index contributed by atoms with van der Waals surface area (Å²) in [5.41, 5.74) is 1.56. The molecule has 1 amide bonds. The molecule has 1 N–H and O–H groups in total. The van der Waals surface area contributed by atoms with Crippen molar-refractivity contribution in [3.8, 4) is 17.7 Å². The third-order valence-corrected chi connectivity index (χ3v) is 8.21. The summed E-state index contributed by atoms with van der Waals surface area (Å²) in [6.45, 7) is 10.3. The number of thiophene rings is 1. The van der Waals surface area contributed by atoms with E-state index in [-0.39, 0.29) is 40.2 Å². The van der Waals surface area contributed by atoms with E-state index in [4.69, 9.17) is 4.74 Å². The Morgan fingerprint density at radius 1 is 1.21 bits per heavy atom. The Labute approximate surface area is 229 Å². The van der Waals surface area contributed by atoms with Crippen LogP contribution in [0.15, 0.2) is 36.3 Å². The smallest absolute Gasteiger partial charge is 0.348 e. The molecule has 1 saturated carbocycles. The molecule has 0 aliphatic heterocycles. The topological polar surface area (TPSA) is 92.6 Å². The van der Waals surface area contributed by atoms with Gasteiger partial charge < -0.3 is 14.7 Å². The van der Waals surface area contributed by atoms with E-state index in [1.54, 1.807) is 17.2 Å². The van der Waals surface area contributed by atoms with Crippen LogP contribution >= 0.6 is 11.3 Å². The average Bonchev–Trinajstić information content (AvgIpc) is 3.28. The van der Waals surface area contributed by atoms with Gasteiger partial charge in [-0.3, -0.25) is 4.79 Å². The maximum Gasteiger partial charge on any atom is 0.348 e. The van der Waals surface area contributed by atoms with Gasteiger partial charge in [0.2, 0.25) is 11.8 Å². The molecule has 2 aliphatic rings. The van der Waals surface area contributed by atoms with Crippen LogP contribution in [0.25, 0.3) is 0 Å². The van der Waals surface area contributed by atoms with Gasteiger partial charge in [-0.05, 0) is 78.2 Å². The van der Waals surface area contributed by atoms with E-state index < -0.39 is 5.97 Å². The Morgan fingerprint density at radius 3 is 2.55 bits per heavy atom. The minimum absolute atomic E-state index is 0.00748. The number of aromatic nitrogens is 2. The van der Waals surface area contributed by atoms with Crippen LogP contribution in [-0.4, -0.2) is 39.1 Å². The highest BCUT2D eigenvalue weighted by atomic mass is 32.1. The van der Waals surface area contributed by atoms with Crippen LogP contribution in [0.2, 0.25) is 0 Å². The summed E-state index contributed by atoms with van der Waals surface area (Å²) in [5.74, 6) is 5.89. The van der Waals surface area contributed by atoms with E-state index >= 15 is 0 Å². The molecule has 0 spiro atoms. The van der Waals surface area contributed by atoms with Crippen LogP contribution < -0.4 is 9.64 Å². The Kier molecular flexibility index (Phi) is 8.57. The first-order chi connectivity index (χ1) is 18.0. The number of allylic oxidation sites excluding steroid dienone is 2. The summed E-state index contributed by atoms with van der Waals surface area (Å²) in [5, 5.41) is 10.1. The van der Waals surface area contributed by atoms with Crippen LogP contribution in [0.5, 0.6) is 5.88 Å². The van der Waals surface area contributed by atoms with E-state index in [1.165, 1.54) is 11.9 Å². The second kappa shape index (κ2) is 11.7. The monoisotopic (exact) mass is 535 g/mol. The van der Waals surface area contributed by atoms with Gasteiger partial charge in [0.05, 0.1) is 10.6 Å². The number of aromatic carboxylic acids is 1. The first-order valence-corrected chi connectivity index (χ1v) is 14.1. The lowest BCUT2D eigenvalue weighted by Gasteiger charge is -2.40. The number of carboxylic acid groups (broad SMARTS) is 1. The predicted molar refractivity (Wildman–Crippen MR) is 149 cm³/mol. The van der Waals surface area contributed by atoms with Gasteiger partial charge in [-0.25, -0.2) is 14.8 Å². The molecule has 2 heterocycles. The summed E-state index contributed by atoms with van der Waals surface area (Å²) in [6, 6.07) is 3.44. The van der Waals surface area contributed by atoms with Crippen molar-refractivity contribution in [2.24, 2.45) is 17.3 Å². The number of nitrogens with zero attached hydrogens (tertiary/aromatic N) is 3. The zero-order valence-corrected chi connectivity index (χ0v) is 23.7. The molecule has 0 radical (unpaired) electrons. The zero-order valence-electron chi connectivity index (χ0n) is 22.9. The van der Waals surface area contributed by atoms with Gasteiger partial charge in [0, 0.05) is 29.6 Å². The molecule has 7 nitrogen and oxygen atoms in total. The molecule has 2 aliphatic carbocycles. The van der Waals surface area contributed by atoms with Crippen LogP contribution in [0.4, 0.5) is 5.69 Å². The SMILES string of the molecule is CC1=CCC(C(=O)N(c2cc(C#CC(C)(C)C)sc2C(=O)O)C2CCC(Oc3ccncn3)CC2)C(C)C1. The summed E-state index contributed by atoms with van der Waals surface area (Å²) < 4.78 is 6.05. The third-order valence-electron chi connectivity index (χ3n) is 7.18. The number of carbonyl (C=O) groups is 2. The number of hydrogen-bond donors (Lipinski definition) is 1. The maximum atomic E-state index is 14.2. The van der Waals surface area contributed by atoms with Crippen molar-refractivity contribution >= 4 is 28.9 Å². The van der Waals surface area contributed by atoms with Crippen LogP contribution in [0, 0.1) is 29.1 Å². The summed E-state index contributed by atoms with van der Waals surface area (Å²) >= 11 is 1.15. The predicted octanol–water partition coefficient (Wildman–Crippen LogP) is 6.35. The van der Waals surface area contributed by atoms with Crippen molar-refractivity contribution in [3.05, 3.63) is 46.1 Å². The number of rotatable bonds is 6. The van der Waals surface area contributed by atoms with Crippen molar-refractivity contribution in [3.63, 3.8) is 0 Å². The molecule has 2 aromatic rings. The normalized spacial score (nSPS) is 23.6. The number of ether oxygens (including phenoxy) is 1. The lowest BCUT2D eigenvalue weighted by atomic mass is 9.79. The van der Waals surface area contributed by atoms with E-state index in [9.17, 15) is 14.7 Å². The van der Waals surface area contributed by atoms with E-state index in [1.807, 2.05) is 26.8 Å². The lowest BCUT2D eigenvalue weighted by molar-refractivity contribution is -0.124. The van der Waals surface area contributed by atoms with Gasteiger partial charge in [0.15, 0.2) is 0 Å². The molecule has 0 aromatic carbocycles. The molecular weight excluding hydrogens is 498 g/mol. The first kappa shape index (κ1) is 27.8. The second-order valence-electron chi connectivity index (χ2n) is 11.5. The number of carbonyl (C=O) groups excluding carboxylic acids is 1. The molecule has 2 unspecified atom stereocenters. The standard InChI is InChI=1S/C30H37N3O4S/c1-19-6-11-24(20(2)16-19)28(34)33(21-7-9-22(10-8-21)37-26-13-15-31-18-32-26)25-17-23(12-14-30(3,4)5)38-27(25)29(35)36/h6,13,15,17-18,20-22,24H,7-11,16H2,1-5H3,(H,35,36). The fourth-order valence-corrected chi connectivity index (χ4v) is 6.12. The summed E-state index contributed by atoms with van der Waals surface area (Å²) in [6.07, 6.45) is 9.75. The Morgan fingerprint density at radius 2 is 1.95 bits per heavy atom. The fourth-order valence-electron chi connectivity index (χ4n) is 5.28. The number of amides is 1. The average molecular weight is 536 g/mol. The van der Waals surface area contributed by atoms with E-state index in [0.717, 1.165) is 43.4 Å². The molecule has 4 rings (SSSR count). The Hall–Kier alpha value is -3.18. The summed E-state index contributed by atoms with van der Waals surface area (Å²) in [4.78, 5) is 37.3. The molecule has 38 heavy (non-hydrogen) atoms. The number of hydrogen-bond acceptors (Lipinski definition) is 6. The number of anilines is 1. The van der Waals surface area contributed by atoms with Crippen LogP contribution in [0.1, 0.15) is 87.7 Å². The molecule has 0 bridgehead atoms. The Bertz CT molecular complexity index is 1240. The van der Waals surface area contributed by atoms with Crippen LogP contribution in [-0.2, 0) is 4.79 Å². The minimum atomic E-state index is -1.03. The largest absolute Gasteiger partial charge is 0.477 e. The molecule has 1 fully saturated rings. The van der Waals surface area contributed by atoms with Crippen molar-refractivity contribution in [2.75, 3.05) is 4.90 Å². The van der Waals surface area contributed by atoms with E-state index in [0.29, 0.717) is 22.9 Å². The number of carboxylic acids is 1. The molecule has 2 atom stereocenters.